The van der Waals surface area contributed by atoms with Gasteiger partial charge in [0.05, 0.1) is 24.9 Å². The van der Waals surface area contributed by atoms with Gasteiger partial charge in [-0.3, -0.25) is 14.6 Å². The fourth-order valence-corrected chi connectivity index (χ4v) is 2.60. The van der Waals surface area contributed by atoms with Gasteiger partial charge in [-0.05, 0) is 26.0 Å². The standard InChI is InChI=1S/C14H19N5O2/c1-10(2)19-12(4-6-16-19)14(20)18-7-8-21-9-13(18)11-3-5-15-17-11/h3-6,10,13H,7-9H2,1-2H3,(H,15,17)/t13-/m1/s1. The minimum absolute atomic E-state index is 0.0240. The van der Waals surface area contributed by atoms with Crippen LogP contribution in [-0.2, 0) is 4.74 Å². The molecule has 0 aliphatic carbocycles. The van der Waals surface area contributed by atoms with Gasteiger partial charge in [0.25, 0.3) is 5.91 Å². The summed E-state index contributed by atoms with van der Waals surface area (Å²) in [6.07, 6.45) is 3.35. The van der Waals surface area contributed by atoms with Crippen LogP contribution in [0.15, 0.2) is 24.5 Å². The Morgan fingerprint density at radius 3 is 3.00 bits per heavy atom. The molecule has 112 valence electrons. The molecule has 3 heterocycles. The van der Waals surface area contributed by atoms with Crippen LogP contribution in [0.25, 0.3) is 0 Å². The number of morpholine rings is 1. The lowest BCUT2D eigenvalue weighted by Crippen LogP contribution is -2.44. The molecular formula is C14H19N5O2. The van der Waals surface area contributed by atoms with E-state index in [9.17, 15) is 4.79 Å². The molecule has 1 fully saturated rings. The minimum Gasteiger partial charge on any atom is -0.377 e. The third kappa shape index (κ3) is 2.56. The monoisotopic (exact) mass is 289 g/mol. The number of H-pyrrole nitrogens is 1. The smallest absolute Gasteiger partial charge is 0.272 e. The minimum atomic E-state index is -0.135. The van der Waals surface area contributed by atoms with Crippen molar-refractivity contribution in [2.75, 3.05) is 19.8 Å². The Morgan fingerprint density at radius 2 is 2.29 bits per heavy atom. The van der Waals surface area contributed by atoms with Crippen molar-refractivity contribution in [2.24, 2.45) is 0 Å². The number of hydrogen-bond donors (Lipinski definition) is 1. The van der Waals surface area contributed by atoms with Gasteiger partial charge in [-0.15, -0.1) is 0 Å². The number of carbonyl (C=O) groups excluding carboxylic acids is 1. The van der Waals surface area contributed by atoms with Crippen molar-refractivity contribution >= 4 is 5.91 Å². The summed E-state index contributed by atoms with van der Waals surface area (Å²) < 4.78 is 7.27. The van der Waals surface area contributed by atoms with Crippen LogP contribution in [0.5, 0.6) is 0 Å². The molecule has 1 amide bonds. The number of nitrogens with one attached hydrogen (secondary N) is 1. The molecule has 7 heteroatoms. The first-order chi connectivity index (χ1) is 10.2. The molecule has 2 aromatic rings. The van der Waals surface area contributed by atoms with Gasteiger partial charge < -0.3 is 9.64 Å². The lowest BCUT2D eigenvalue weighted by atomic mass is 10.1. The molecule has 1 saturated heterocycles. The molecule has 1 aliphatic rings. The normalized spacial score (nSPS) is 19.2. The van der Waals surface area contributed by atoms with E-state index in [1.54, 1.807) is 23.1 Å². The molecule has 0 bridgehead atoms. The van der Waals surface area contributed by atoms with Gasteiger partial charge in [-0.2, -0.15) is 10.2 Å². The second-order valence-corrected chi connectivity index (χ2v) is 5.36. The average molecular weight is 289 g/mol. The van der Waals surface area contributed by atoms with Gasteiger partial charge in [-0.1, -0.05) is 0 Å². The number of rotatable bonds is 3. The van der Waals surface area contributed by atoms with Crippen molar-refractivity contribution in [1.29, 1.82) is 0 Å². The van der Waals surface area contributed by atoms with E-state index < -0.39 is 0 Å². The Balaban J connectivity index is 1.89. The first-order valence-electron chi connectivity index (χ1n) is 7.10. The summed E-state index contributed by atoms with van der Waals surface area (Å²) in [7, 11) is 0. The Morgan fingerprint density at radius 1 is 1.43 bits per heavy atom. The molecule has 1 aliphatic heterocycles. The Bertz CT molecular complexity index is 605. The lowest BCUT2D eigenvalue weighted by molar-refractivity contribution is -0.00461. The molecule has 0 aromatic carbocycles. The third-order valence-electron chi connectivity index (χ3n) is 3.65. The fourth-order valence-electron chi connectivity index (χ4n) is 2.60. The van der Waals surface area contributed by atoms with Crippen LogP contribution < -0.4 is 0 Å². The van der Waals surface area contributed by atoms with Gasteiger partial charge in [0.2, 0.25) is 0 Å². The SMILES string of the molecule is CC(C)n1nccc1C(=O)N1CCOC[C@@H]1c1ccn[nH]1. The van der Waals surface area contributed by atoms with Crippen LogP contribution in [0, 0.1) is 0 Å². The predicted molar refractivity (Wildman–Crippen MR) is 75.8 cm³/mol. The maximum absolute atomic E-state index is 12.9. The summed E-state index contributed by atoms with van der Waals surface area (Å²) in [5.74, 6) is -0.0240. The van der Waals surface area contributed by atoms with E-state index in [2.05, 4.69) is 15.3 Å². The largest absolute Gasteiger partial charge is 0.377 e. The van der Waals surface area contributed by atoms with Crippen LogP contribution in [-0.4, -0.2) is 50.5 Å². The molecule has 2 aromatic heterocycles. The van der Waals surface area contributed by atoms with Gasteiger partial charge in [-0.25, -0.2) is 0 Å². The van der Waals surface area contributed by atoms with Crippen molar-refractivity contribution < 1.29 is 9.53 Å². The summed E-state index contributed by atoms with van der Waals surface area (Å²) >= 11 is 0. The van der Waals surface area contributed by atoms with Crippen LogP contribution >= 0.6 is 0 Å². The average Bonchev–Trinajstić information content (AvgIpc) is 3.17. The van der Waals surface area contributed by atoms with Gasteiger partial charge in [0.15, 0.2) is 0 Å². The first-order valence-corrected chi connectivity index (χ1v) is 7.10. The highest BCUT2D eigenvalue weighted by Crippen LogP contribution is 2.24. The number of aromatic nitrogens is 4. The molecule has 1 N–H and O–H groups in total. The quantitative estimate of drug-likeness (QED) is 0.926. The highest BCUT2D eigenvalue weighted by Gasteiger charge is 2.31. The van der Waals surface area contributed by atoms with Crippen LogP contribution in [0.4, 0.5) is 0 Å². The van der Waals surface area contributed by atoms with Crippen LogP contribution in [0.3, 0.4) is 0 Å². The molecule has 0 saturated carbocycles. The first kappa shape index (κ1) is 13.8. The van der Waals surface area contributed by atoms with Crippen molar-refractivity contribution in [3.05, 3.63) is 35.9 Å². The van der Waals surface area contributed by atoms with E-state index in [-0.39, 0.29) is 18.0 Å². The summed E-state index contributed by atoms with van der Waals surface area (Å²) in [5.41, 5.74) is 1.50. The van der Waals surface area contributed by atoms with Crippen LogP contribution in [0.1, 0.15) is 42.1 Å². The number of amides is 1. The van der Waals surface area contributed by atoms with Gasteiger partial charge >= 0.3 is 0 Å². The van der Waals surface area contributed by atoms with E-state index in [0.29, 0.717) is 25.5 Å². The van der Waals surface area contributed by atoms with Crippen LogP contribution in [0.2, 0.25) is 0 Å². The highest BCUT2D eigenvalue weighted by atomic mass is 16.5. The summed E-state index contributed by atoms with van der Waals surface area (Å²) in [4.78, 5) is 14.7. The second-order valence-electron chi connectivity index (χ2n) is 5.36. The maximum Gasteiger partial charge on any atom is 0.272 e. The van der Waals surface area contributed by atoms with E-state index in [1.165, 1.54) is 0 Å². The summed E-state index contributed by atoms with van der Waals surface area (Å²) in [5, 5.41) is 11.1. The molecule has 7 nitrogen and oxygen atoms in total. The Kier molecular flexibility index (Phi) is 3.74. The summed E-state index contributed by atoms with van der Waals surface area (Å²) in [6.45, 7) is 5.60. The number of nitrogens with zero attached hydrogens (tertiary/aromatic N) is 4. The topological polar surface area (TPSA) is 76.0 Å². The molecule has 0 radical (unpaired) electrons. The maximum atomic E-state index is 12.9. The predicted octanol–water partition coefficient (Wildman–Crippen LogP) is 1.40. The zero-order valence-electron chi connectivity index (χ0n) is 12.2. The number of ether oxygens (including phenoxy) is 1. The number of aromatic amines is 1. The van der Waals surface area contributed by atoms with Gasteiger partial charge in [0.1, 0.15) is 5.69 Å². The zero-order valence-corrected chi connectivity index (χ0v) is 12.2. The molecule has 21 heavy (non-hydrogen) atoms. The van der Waals surface area contributed by atoms with Crippen molar-refractivity contribution in [2.45, 2.75) is 25.9 Å². The fraction of sp³-hybridized carbons (Fsp3) is 0.500. The van der Waals surface area contributed by atoms with Crippen molar-refractivity contribution in [3.8, 4) is 0 Å². The highest BCUT2D eigenvalue weighted by molar-refractivity contribution is 5.93. The molecule has 3 rings (SSSR count). The zero-order chi connectivity index (χ0) is 14.8. The molecule has 0 spiro atoms. The van der Waals surface area contributed by atoms with E-state index in [1.807, 2.05) is 24.8 Å². The van der Waals surface area contributed by atoms with Crippen molar-refractivity contribution in [3.63, 3.8) is 0 Å². The number of hydrogen-bond acceptors (Lipinski definition) is 4. The molecule has 0 unspecified atom stereocenters. The Hall–Kier alpha value is -2.15. The molecular weight excluding hydrogens is 270 g/mol. The van der Waals surface area contributed by atoms with E-state index in [4.69, 9.17) is 4.74 Å². The number of carbonyl (C=O) groups is 1. The van der Waals surface area contributed by atoms with Crippen molar-refractivity contribution in [1.82, 2.24) is 24.9 Å². The van der Waals surface area contributed by atoms with E-state index >= 15 is 0 Å². The van der Waals surface area contributed by atoms with E-state index in [0.717, 1.165) is 5.69 Å². The Labute approximate surface area is 122 Å². The third-order valence-corrected chi connectivity index (χ3v) is 3.65. The molecule has 1 atom stereocenters. The second kappa shape index (κ2) is 5.69. The summed E-state index contributed by atoms with van der Waals surface area (Å²) in [6, 6.07) is 3.65. The van der Waals surface area contributed by atoms with Gasteiger partial charge in [0, 0.05) is 25.0 Å². The lowest BCUT2D eigenvalue weighted by Gasteiger charge is -2.35.